The molecule has 0 spiro atoms. The zero-order valence-electron chi connectivity index (χ0n) is 11.9. The highest BCUT2D eigenvalue weighted by Crippen LogP contribution is 2.28. The number of benzene rings is 1. The van der Waals surface area contributed by atoms with Gasteiger partial charge in [-0.3, -0.25) is 4.79 Å². The highest BCUT2D eigenvalue weighted by Gasteiger charge is 2.23. The first-order valence-electron chi connectivity index (χ1n) is 7.00. The van der Waals surface area contributed by atoms with Crippen LogP contribution in [0.15, 0.2) is 42.5 Å². The molecule has 0 bridgehead atoms. The molecule has 3 rings (SSSR count). The summed E-state index contributed by atoms with van der Waals surface area (Å²) in [6.45, 7) is 1.11. The number of thiophene rings is 1. The van der Waals surface area contributed by atoms with E-state index in [-0.39, 0.29) is 5.91 Å². The molecule has 0 fully saturated rings. The maximum absolute atomic E-state index is 12.2. The fourth-order valence-electron chi connectivity index (χ4n) is 2.46. The van der Waals surface area contributed by atoms with E-state index in [1.54, 1.807) is 23.1 Å². The number of nitrogens with zero attached hydrogens (tertiary/aromatic N) is 1. The standard InChI is InChI=1S/C17H15NO3S/c19-16(7-6-12-4-2-1-3-5-12)18-9-8-14-13(11-18)10-15(22-14)17(20)21/h1-7,10H,8-9,11H2,(H,20,21)/b7-6+. The lowest BCUT2D eigenvalue weighted by Gasteiger charge is -2.25. The molecule has 1 aliphatic heterocycles. The summed E-state index contributed by atoms with van der Waals surface area (Å²) >= 11 is 1.31. The predicted octanol–water partition coefficient (Wildman–Crippen LogP) is 3.04. The maximum Gasteiger partial charge on any atom is 0.345 e. The Morgan fingerprint density at radius 3 is 2.73 bits per heavy atom. The number of carbonyl (C=O) groups excluding carboxylic acids is 1. The molecule has 0 aliphatic carbocycles. The summed E-state index contributed by atoms with van der Waals surface area (Å²) in [7, 11) is 0. The molecule has 0 saturated heterocycles. The SMILES string of the molecule is O=C(O)c1cc2c(s1)CCN(C(=O)/C=C/c1ccccc1)C2. The molecule has 0 radical (unpaired) electrons. The van der Waals surface area contributed by atoms with Gasteiger partial charge in [0.15, 0.2) is 0 Å². The van der Waals surface area contributed by atoms with Crippen LogP contribution >= 0.6 is 11.3 Å². The monoisotopic (exact) mass is 313 g/mol. The summed E-state index contributed by atoms with van der Waals surface area (Å²) in [5.41, 5.74) is 1.94. The zero-order valence-corrected chi connectivity index (χ0v) is 12.7. The zero-order chi connectivity index (χ0) is 15.5. The summed E-state index contributed by atoms with van der Waals surface area (Å²) in [4.78, 5) is 26.4. The molecule has 0 unspecified atom stereocenters. The summed E-state index contributed by atoms with van der Waals surface area (Å²) in [6.07, 6.45) is 4.09. The van der Waals surface area contributed by atoms with Gasteiger partial charge in [-0.25, -0.2) is 4.79 Å². The van der Waals surface area contributed by atoms with Crippen LogP contribution < -0.4 is 0 Å². The number of carbonyl (C=O) groups is 2. The van der Waals surface area contributed by atoms with Crippen molar-refractivity contribution in [1.82, 2.24) is 4.90 Å². The van der Waals surface area contributed by atoms with Crippen molar-refractivity contribution in [3.63, 3.8) is 0 Å². The first-order valence-corrected chi connectivity index (χ1v) is 7.82. The summed E-state index contributed by atoms with van der Waals surface area (Å²) in [6, 6.07) is 11.4. The second-order valence-corrected chi connectivity index (χ2v) is 6.25. The summed E-state index contributed by atoms with van der Waals surface area (Å²) < 4.78 is 0. The fraction of sp³-hybridized carbons (Fsp3) is 0.176. The molecule has 2 heterocycles. The van der Waals surface area contributed by atoms with Crippen molar-refractivity contribution >= 4 is 29.3 Å². The third kappa shape index (κ3) is 3.09. The van der Waals surface area contributed by atoms with Gasteiger partial charge >= 0.3 is 5.97 Å². The lowest BCUT2D eigenvalue weighted by Crippen LogP contribution is -2.34. The Balaban J connectivity index is 1.70. The molecule has 1 aromatic carbocycles. The minimum Gasteiger partial charge on any atom is -0.477 e. The van der Waals surface area contributed by atoms with E-state index in [1.165, 1.54) is 11.3 Å². The van der Waals surface area contributed by atoms with E-state index < -0.39 is 5.97 Å². The van der Waals surface area contributed by atoms with E-state index in [1.807, 2.05) is 30.3 Å². The molecular formula is C17H15NO3S. The molecular weight excluding hydrogens is 298 g/mol. The van der Waals surface area contributed by atoms with E-state index in [9.17, 15) is 9.59 Å². The van der Waals surface area contributed by atoms with Gasteiger partial charge < -0.3 is 10.0 Å². The van der Waals surface area contributed by atoms with Gasteiger partial charge in [0.1, 0.15) is 4.88 Å². The largest absolute Gasteiger partial charge is 0.477 e. The molecule has 5 heteroatoms. The van der Waals surface area contributed by atoms with Crippen LogP contribution in [0, 0.1) is 0 Å². The van der Waals surface area contributed by atoms with Gasteiger partial charge in [-0.2, -0.15) is 0 Å². The van der Waals surface area contributed by atoms with Gasteiger partial charge in [0.05, 0.1) is 0 Å². The average Bonchev–Trinajstić information content (AvgIpc) is 2.97. The number of carboxylic acids is 1. The number of amides is 1. The van der Waals surface area contributed by atoms with E-state index in [2.05, 4.69) is 0 Å². The van der Waals surface area contributed by atoms with Gasteiger partial charge in [-0.1, -0.05) is 30.3 Å². The third-order valence-electron chi connectivity index (χ3n) is 3.61. The van der Waals surface area contributed by atoms with E-state index in [0.717, 1.165) is 22.4 Å². The van der Waals surface area contributed by atoms with Crippen LogP contribution in [0.5, 0.6) is 0 Å². The topological polar surface area (TPSA) is 57.6 Å². The van der Waals surface area contributed by atoms with E-state index in [4.69, 9.17) is 5.11 Å². The molecule has 2 aromatic rings. The molecule has 0 atom stereocenters. The molecule has 1 aliphatic rings. The average molecular weight is 313 g/mol. The lowest BCUT2D eigenvalue weighted by atomic mass is 10.1. The van der Waals surface area contributed by atoms with Gasteiger partial charge in [0, 0.05) is 24.0 Å². The van der Waals surface area contributed by atoms with Crippen LogP contribution in [-0.4, -0.2) is 28.4 Å². The quantitative estimate of drug-likeness (QED) is 0.886. The van der Waals surface area contributed by atoms with Crippen LogP contribution in [0.3, 0.4) is 0 Å². The van der Waals surface area contributed by atoms with E-state index in [0.29, 0.717) is 18.0 Å². The van der Waals surface area contributed by atoms with E-state index >= 15 is 0 Å². The Morgan fingerprint density at radius 1 is 1.23 bits per heavy atom. The molecule has 1 N–H and O–H groups in total. The molecule has 22 heavy (non-hydrogen) atoms. The summed E-state index contributed by atoms with van der Waals surface area (Å²) in [5.74, 6) is -0.946. The molecule has 1 amide bonds. The van der Waals surface area contributed by atoms with Crippen molar-refractivity contribution in [3.05, 3.63) is 63.4 Å². The Bertz CT molecular complexity index is 734. The Kier molecular flexibility index (Phi) is 4.06. The summed E-state index contributed by atoms with van der Waals surface area (Å²) in [5, 5.41) is 9.04. The molecule has 0 saturated carbocycles. The highest BCUT2D eigenvalue weighted by molar-refractivity contribution is 7.14. The normalized spacial score (nSPS) is 14.1. The van der Waals surface area contributed by atoms with Gasteiger partial charge in [-0.05, 0) is 29.7 Å². The molecule has 112 valence electrons. The van der Waals surface area contributed by atoms with Gasteiger partial charge in [0.2, 0.25) is 5.91 Å². The van der Waals surface area contributed by atoms with Gasteiger partial charge in [-0.15, -0.1) is 11.3 Å². The maximum atomic E-state index is 12.2. The molecule has 1 aromatic heterocycles. The Hall–Kier alpha value is -2.40. The smallest absolute Gasteiger partial charge is 0.345 e. The van der Waals surface area contributed by atoms with Crippen molar-refractivity contribution in [2.75, 3.05) is 6.54 Å². The minimum absolute atomic E-state index is 0.0439. The van der Waals surface area contributed by atoms with Crippen LogP contribution in [-0.2, 0) is 17.8 Å². The van der Waals surface area contributed by atoms with Gasteiger partial charge in [0.25, 0.3) is 0 Å². The minimum atomic E-state index is -0.902. The second-order valence-electron chi connectivity index (χ2n) is 5.12. The third-order valence-corrected chi connectivity index (χ3v) is 4.83. The number of rotatable bonds is 3. The first-order chi connectivity index (χ1) is 10.6. The van der Waals surface area contributed by atoms with Crippen LogP contribution in [0.25, 0.3) is 6.08 Å². The number of fused-ring (bicyclic) bond motifs is 1. The molecule has 4 nitrogen and oxygen atoms in total. The Morgan fingerprint density at radius 2 is 2.00 bits per heavy atom. The van der Waals surface area contributed by atoms with Crippen molar-refractivity contribution in [2.45, 2.75) is 13.0 Å². The predicted molar refractivity (Wildman–Crippen MR) is 85.9 cm³/mol. The van der Waals surface area contributed by atoms with Crippen molar-refractivity contribution in [1.29, 1.82) is 0 Å². The number of carboxylic acid groups (broad SMARTS) is 1. The van der Waals surface area contributed by atoms with Crippen LogP contribution in [0.1, 0.15) is 25.7 Å². The van der Waals surface area contributed by atoms with Crippen LogP contribution in [0.2, 0.25) is 0 Å². The van der Waals surface area contributed by atoms with Crippen molar-refractivity contribution < 1.29 is 14.7 Å². The number of hydrogen-bond donors (Lipinski definition) is 1. The Labute approximate surface area is 132 Å². The van der Waals surface area contributed by atoms with Crippen molar-refractivity contribution in [2.24, 2.45) is 0 Å². The van der Waals surface area contributed by atoms with Crippen molar-refractivity contribution in [3.8, 4) is 0 Å². The number of aromatic carboxylic acids is 1. The fourth-order valence-corrected chi connectivity index (χ4v) is 3.47. The lowest BCUT2D eigenvalue weighted by molar-refractivity contribution is -0.126. The first kappa shape index (κ1) is 14.5. The second kappa shape index (κ2) is 6.15. The highest BCUT2D eigenvalue weighted by atomic mass is 32.1. The van der Waals surface area contributed by atoms with Crippen LogP contribution in [0.4, 0.5) is 0 Å². The number of hydrogen-bond acceptors (Lipinski definition) is 3.